The van der Waals surface area contributed by atoms with E-state index in [-0.39, 0.29) is 5.69 Å². The SMILES string of the molecule is CCCn1c(SCc2ccc(Br)cc2)n[nH]c1=O. The fourth-order valence-corrected chi connectivity index (χ4v) is 2.76. The van der Waals surface area contributed by atoms with Gasteiger partial charge in [0, 0.05) is 16.8 Å². The highest BCUT2D eigenvalue weighted by molar-refractivity contribution is 9.10. The Hall–Kier alpha value is -1.01. The summed E-state index contributed by atoms with van der Waals surface area (Å²) in [7, 11) is 0. The first-order chi connectivity index (χ1) is 8.70. The van der Waals surface area contributed by atoms with E-state index in [0.29, 0.717) is 6.54 Å². The van der Waals surface area contributed by atoms with Crippen molar-refractivity contribution < 1.29 is 0 Å². The molecule has 0 unspecified atom stereocenters. The summed E-state index contributed by atoms with van der Waals surface area (Å²) in [5.41, 5.74) is 1.08. The van der Waals surface area contributed by atoms with Gasteiger partial charge in [-0.2, -0.15) is 0 Å². The van der Waals surface area contributed by atoms with E-state index in [1.807, 2.05) is 19.1 Å². The molecule has 0 saturated heterocycles. The minimum absolute atomic E-state index is 0.129. The summed E-state index contributed by atoms with van der Waals surface area (Å²) >= 11 is 4.98. The lowest BCUT2D eigenvalue weighted by molar-refractivity contribution is 0.604. The minimum Gasteiger partial charge on any atom is -0.270 e. The topological polar surface area (TPSA) is 50.7 Å². The minimum atomic E-state index is -0.129. The van der Waals surface area contributed by atoms with Crippen LogP contribution in [-0.4, -0.2) is 14.8 Å². The van der Waals surface area contributed by atoms with Crippen LogP contribution in [0.3, 0.4) is 0 Å². The van der Waals surface area contributed by atoms with Crippen molar-refractivity contribution in [2.24, 2.45) is 0 Å². The number of benzene rings is 1. The lowest BCUT2D eigenvalue weighted by Gasteiger charge is -2.03. The van der Waals surface area contributed by atoms with Gasteiger partial charge < -0.3 is 0 Å². The van der Waals surface area contributed by atoms with E-state index >= 15 is 0 Å². The van der Waals surface area contributed by atoms with E-state index in [0.717, 1.165) is 21.8 Å². The number of hydrogen-bond donors (Lipinski definition) is 1. The zero-order chi connectivity index (χ0) is 13.0. The third-order valence-corrected chi connectivity index (χ3v) is 4.03. The molecule has 0 atom stereocenters. The smallest absolute Gasteiger partial charge is 0.270 e. The molecule has 4 nitrogen and oxygen atoms in total. The quantitative estimate of drug-likeness (QED) is 0.859. The summed E-state index contributed by atoms with van der Waals surface area (Å²) in [4.78, 5) is 11.5. The Labute approximate surface area is 118 Å². The van der Waals surface area contributed by atoms with Crippen LogP contribution in [0.2, 0.25) is 0 Å². The van der Waals surface area contributed by atoms with Crippen molar-refractivity contribution in [2.75, 3.05) is 0 Å². The zero-order valence-electron chi connectivity index (χ0n) is 10.0. The van der Waals surface area contributed by atoms with Crippen LogP contribution in [0, 0.1) is 0 Å². The van der Waals surface area contributed by atoms with Crippen molar-refractivity contribution in [3.8, 4) is 0 Å². The van der Waals surface area contributed by atoms with Crippen LogP contribution in [0.1, 0.15) is 18.9 Å². The second kappa shape index (κ2) is 6.24. The van der Waals surface area contributed by atoms with Crippen LogP contribution in [-0.2, 0) is 12.3 Å². The Bertz CT molecular complexity index is 561. The number of nitrogens with one attached hydrogen (secondary N) is 1. The number of aromatic nitrogens is 3. The Kier molecular flexibility index (Phi) is 4.66. The second-order valence-electron chi connectivity index (χ2n) is 3.88. The van der Waals surface area contributed by atoms with Gasteiger partial charge in [-0.05, 0) is 24.1 Å². The molecule has 0 aliphatic heterocycles. The molecule has 2 rings (SSSR count). The first-order valence-corrected chi connectivity index (χ1v) is 7.51. The normalized spacial score (nSPS) is 10.8. The molecule has 2 aromatic rings. The largest absolute Gasteiger partial charge is 0.343 e. The lowest BCUT2D eigenvalue weighted by Crippen LogP contribution is -2.17. The summed E-state index contributed by atoms with van der Waals surface area (Å²) in [5, 5.41) is 7.30. The Morgan fingerprint density at radius 2 is 2.11 bits per heavy atom. The van der Waals surface area contributed by atoms with Crippen molar-refractivity contribution >= 4 is 27.7 Å². The maximum Gasteiger partial charge on any atom is 0.343 e. The van der Waals surface area contributed by atoms with Gasteiger partial charge in [0.2, 0.25) is 0 Å². The van der Waals surface area contributed by atoms with Gasteiger partial charge in [0.1, 0.15) is 0 Å². The van der Waals surface area contributed by atoms with Gasteiger partial charge in [-0.3, -0.25) is 4.57 Å². The van der Waals surface area contributed by atoms with E-state index in [9.17, 15) is 4.79 Å². The number of hydrogen-bond acceptors (Lipinski definition) is 3. The van der Waals surface area contributed by atoms with Gasteiger partial charge in [-0.1, -0.05) is 46.7 Å². The van der Waals surface area contributed by atoms with Crippen LogP contribution < -0.4 is 5.69 Å². The third kappa shape index (κ3) is 3.26. The molecule has 96 valence electrons. The molecule has 0 spiro atoms. The molecule has 0 saturated carbocycles. The van der Waals surface area contributed by atoms with E-state index in [1.165, 1.54) is 5.56 Å². The van der Waals surface area contributed by atoms with Crippen molar-refractivity contribution in [1.82, 2.24) is 14.8 Å². The number of rotatable bonds is 5. The van der Waals surface area contributed by atoms with Crippen molar-refractivity contribution in [3.05, 3.63) is 44.8 Å². The van der Waals surface area contributed by atoms with Crippen molar-refractivity contribution in [1.29, 1.82) is 0 Å². The maximum absolute atomic E-state index is 11.5. The highest BCUT2D eigenvalue weighted by Crippen LogP contribution is 2.21. The molecule has 1 N–H and O–H groups in total. The van der Waals surface area contributed by atoms with E-state index in [2.05, 4.69) is 38.3 Å². The van der Waals surface area contributed by atoms with Gasteiger partial charge in [0.25, 0.3) is 0 Å². The first-order valence-electron chi connectivity index (χ1n) is 5.73. The Balaban J connectivity index is 2.06. The van der Waals surface area contributed by atoms with Gasteiger partial charge in [0.05, 0.1) is 0 Å². The molecule has 0 bridgehead atoms. The number of nitrogens with zero attached hydrogens (tertiary/aromatic N) is 2. The predicted octanol–water partition coefficient (Wildman–Crippen LogP) is 3.04. The Morgan fingerprint density at radius 1 is 1.39 bits per heavy atom. The molecular formula is C12H14BrN3OS. The number of halogens is 1. The van der Waals surface area contributed by atoms with Gasteiger partial charge >= 0.3 is 5.69 Å². The van der Waals surface area contributed by atoms with Gasteiger partial charge in [0.15, 0.2) is 5.16 Å². The zero-order valence-corrected chi connectivity index (χ0v) is 12.4. The molecule has 1 aromatic carbocycles. The highest BCUT2D eigenvalue weighted by Gasteiger charge is 2.07. The van der Waals surface area contributed by atoms with E-state index < -0.39 is 0 Å². The predicted molar refractivity (Wildman–Crippen MR) is 76.8 cm³/mol. The van der Waals surface area contributed by atoms with Crippen molar-refractivity contribution in [2.45, 2.75) is 30.8 Å². The molecule has 0 aliphatic carbocycles. The maximum atomic E-state index is 11.5. The monoisotopic (exact) mass is 327 g/mol. The molecule has 18 heavy (non-hydrogen) atoms. The average Bonchev–Trinajstić information content (AvgIpc) is 2.71. The molecule has 1 heterocycles. The Morgan fingerprint density at radius 3 is 2.78 bits per heavy atom. The second-order valence-corrected chi connectivity index (χ2v) is 5.74. The summed E-state index contributed by atoms with van der Waals surface area (Å²) in [6.07, 6.45) is 0.922. The third-order valence-electron chi connectivity index (χ3n) is 2.45. The summed E-state index contributed by atoms with van der Waals surface area (Å²) in [6.45, 7) is 2.75. The number of aromatic amines is 1. The lowest BCUT2D eigenvalue weighted by atomic mass is 10.2. The standard InChI is InChI=1S/C12H14BrN3OS/c1-2-7-16-11(17)14-15-12(16)18-8-9-3-5-10(13)6-4-9/h3-6H,2,7-8H2,1H3,(H,14,17). The van der Waals surface area contributed by atoms with Crippen LogP contribution in [0.25, 0.3) is 0 Å². The van der Waals surface area contributed by atoms with Crippen LogP contribution >= 0.6 is 27.7 Å². The molecular weight excluding hydrogens is 314 g/mol. The number of H-pyrrole nitrogens is 1. The molecule has 1 aromatic heterocycles. The summed E-state index contributed by atoms with van der Waals surface area (Å²) in [6, 6.07) is 8.15. The molecule has 0 fully saturated rings. The number of thioether (sulfide) groups is 1. The van der Waals surface area contributed by atoms with Crippen LogP contribution in [0.15, 0.2) is 38.7 Å². The van der Waals surface area contributed by atoms with Crippen molar-refractivity contribution in [3.63, 3.8) is 0 Å². The average molecular weight is 328 g/mol. The fourth-order valence-electron chi connectivity index (χ4n) is 1.56. The van der Waals surface area contributed by atoms with E-state index in [1.54, 1.807) is 16.3 Å². The van der Waals surface area contributed by atoms with Gasteiger partial charge in [-0.25, -0.2) is 9.89 Å². The van der Waals surface area contributed by atoms with E-state index in [4.69, 9.17) is 0 Å². The molecule has 6 heteroatoms. The molecule has 0 amide bonds. The summed E-state index contributed by atoms with van der Waals surface area (Å²) < 4.78 is 2.75. The molecule has 0 radical (unpaired) electrons. The van der Waals surface area contributed by atoms with Gasteiger partial charge in [-0.15, -0.1) is 5.10 Å². The van der Waals surface area contributed by atoms with Crippen LogP contribution in [0.4, 0.5) is 0 Å². The summed E-state index contributed by atoms with van der Waals surface area (Å²) in [5.74, 6) is 0.807. The first kappa shape index (κ1) is 13.4. The fraction of sp³-hybridized carbons (Fsp3) is 0.333. The highest BCUT2D eigenvalue weighted by atomic mass is 79.9. The van der Waals surface area contributed by atoms with Crippen LogP contribution in [0.5, 0.6) is 0 Å². The molecule has 0 aliphatic rings.